The Kier molecular flexibility index (Phi) is 6.05. The average Bonchev–Trinajstić information content (AvgIpc) is 3.07. The Balaban J connectivity index is 1.67. The number of aromatic nitrogens is 4. The first-order chi connectivity index (χ1) is 12.6. The number of benzene rings is 1. The van der Waals surface area contributed by atoms with Gasteiger partial charge in [0.15, 0.2) is 11.0 Å². The van der Waals surface area contributed by atoms with Crippen molar-refractivity contribution in [1.82, 2.24) is 19.7 Å². The van der Waals surface area contributed by atoms with E-state index in [0.29, 0.717) is 0 Å². The summed E-state index contributed by atoms with van der Waals surface area (Å²) in [7, 11) is 0. The van der Waals surface area contributed by atoms with Gasteiger partial charge in [-0.1, -0.05) is 27.7 Å². The van der Waals surface area contributed by atoms with E-state index < -0.39 is 0 Å². The molecule has 0 spiro atoms. The van der Waals surface area contributed by atoms with Crippen molar-refractivity contribution in [2.75, 3.05) is 11.1 Å². The zero-order valence-corrected chi connectivity index (χ0v) is 16.8. The molecule has 134 valence electrons. The average molecular weight is 432 g/mol. The number of hydrogen-bond donors (Lipinski definition) is 1. The minimum atomic E-state index is -0.0761. The lowest BCUT2D eigenvalue weighted by Gasteiger charge is -2.08. The Morgan fingerprint density at radius 2 is 2.00 bits per heavy atom. The fourth-order valence-corrected chi connectivity index (χ4v) is 3.49. The number of carbonyl (C=O) groups excluding carboxylic acids is 1. The molecule has 26 heavy (non-hydrogen) atoms. The quantitative estimate of drug-likeness (QED) is 0.593. The lowest BCUT2D eigenvalue weighted by molar-refractivity contribution is -0.113. The van der Waals surface area contributed by atoms with Crippen molar-refractivity contribution in [1.29, 1.82) is 0 Å². The summed E-state index contributed by atoms with van der Waals surface area (Å²) >= 11 is 4.83. The molecule has 0 unspecified atom stereocenters. The van der Waals surface area contributed by atoms with Crippen LogP contribution in [0.4, 0.5) is 5.69 Å². The predicted molar refractivity (Wildman–Crippen MR) is 107 cm³/mol. The van der Waals surface area contributed by atoms with Crippen LogP contribution in [0.2, 0.25) is 0 Å². The second-order valence-electron chi connectivity index (χ2n) is 5.59. The summed E-state index contributed by atoms with van der Waals surface area (Å²) in [6.45, 7) is 4.74. The van der Waals surface area contributed by atoms with Crippen LogP contribution in [-0.4, -0.2) is 31.4 Å². The number of amides is 1. The number of thioether (sulfide) groups is 1. The van der Waals surface area contributed by atoms with Crippen molar-refractivity contribution in [3.05, 3.63) is 52.8 Å². The van der Waals surface area contributed by atoms with Gasteiger partial charge in [-0.25, -0.2) is 0 Å². The number of halogens is 1. The van der Waals surface area contributed by atoms with Crippen LogP contribution in [-0.2, 0) is 11.3 Å². The van der Waals surface area contributed by atoms with Gasteiger partial charge in [0, 0.05) is 34.7 Å². The van der Waals surface area contributed by atoms with E-state index in [4.69, 9.17) is 0 Å². The summed E-state index contributed by atoms with van der Waals surface area (Å²) < 4.78 is 3.02. The third kappa shape index (κ3) is 4.31. The Bertz CT molecular complexity index is 913. The van der Waals surface area contributed by atoms with Gasteiger partial charge in [-0.3, -0.25) is 9.78 Å². The first kappa shape index (κ1) is 18.6. The molecule has 2 heterocycles. The molecular formula is C18H18BrN5OS. The highest BCUT2D eigenvalue weighted by Crippen LogP contribution is 2.24. The lowest BCUT2D eigenvalue weighted by Crippen LogP contribution is -2.14. The number of pyridine rings is 1. The molecule has 0 radical (unpaired) electrons. The maximum Gasteiger partial charge on any atom is 0.234 e. The van der Waals surface area contributed by atoms with Crippen molar-refractivity contribution in [2.45, 2.75) is 25.5 Å². The standard InChI is InChI=1S/C18H18BrN5OS/c1-3-24-17(13-6-8-20-9-7-13)22-23-18(24)26-11-16(25)21-14-4-5-15(19)12(2)10-14/h4-10H,3,11H2,1-2H3,(H,21,25). The zero-order valence-electron chi connectivity index (χ0n) is 14.4. The number of hydrogen-bond acceptors (Lipinski definition) is 5. The largest absolute Gasteiger partial charge is 0.325 e. The highest BCUT2D eigenvalue weighted by Gasteiger charge is 2.14. The Morgan fingerprint density at radius 1 is 1.23 bits per heavy atom. The van der Waals surface area contributed by atoms with Gasteiger partial charge in [0.05, 0.1) is 5.75 Å². The van der Waals surface area contributed by atoms with Gasteiger partial charge in [0.1, 0.15) is 0 Å². The molecule has 0 aliphatic heterocycles. The van der Waals surface area contributed by atoms with E-state index >= 15 is 0 Å². The summed E-state index contributed by atoms with van der Waals surface area (Å²) in [5.74, 6) is 0.970. The van der Waals surface area contributed by atoms with E-state index in [9.17, 15) is 4.79 Å². The van der Waals surface area contributed by atoms with E-state index in [0.717, 1.165) is 38.8 Å². The minimum absolute atomic E-state index is 0.0761. The molecule has 0 aliphatic carbocycles. The summed E-state index contributed by atoms with van der Waals surface area (Å²) in [5, 5.41) is 12.1. The number of carbonyl (C=O) groups is 1. The first-order valence-electron chi connectivity index (χ1n) is 8.11. The van der Waals surface area contributed by atoms with Crippen molar-refractivity contribution < 1.29 is 4.79 Å². The fourth-order valence-electron chi connectivity index (χ4n) is 2.44. The van der Waals surface area contributed by atoms with Crippen molar-refractivity contribution in [3.8, 4) is 11.4 Å². The van der Waals surface area contributed by atoms with E-state index in [-0.39, 0.29) is 11.7 Å². The van der Waals surface area contributed by atoms with Crippen LogP contribution >= 0.6 is 27.7 Å². The van der Waals surface area contributed by atoms with Crippen molar-refractivity contribution >= 4 is 39.3 Å². The van der Waals surface area contributed by atoms with Crippen LogP contribution in [0.5, 0.6) is 0 Å². The van der Waals surface area contributed by atoms with E-state index in [1.165, 1.54) is 11.8 Å². The lowest BCUT2D eigenvalue weighted by atomic mass is 10.2. The molecule has 0 atom stereocenters. The number of anilines is 1. The summed E-state index contributed by atoms with van der Waals surface area (Å²) in [6.07, 6.45) is 3.45. The van der Waals surface area contributed by atoms with Crippen LogP contribution < -0.4 is 5.32 Å². The summed E-state index contributed by atoms with van der Waals surface area (Å²) in [5.41, 5.74) is 2.81. The topological polar surface area (TPSA) is 72.7 Å². The Hall–Kier alpha value is -2.19. The van der Waals surface area contributed by atoms with Crippen molar-refractivity contribution in [2.24, 2.45) is 0 Å². The molecule has 1 N–H and O–H groups in total. The monoisotopic (exact) mass is 431 g/mol. The fraction of sp³-hybridized carbons (Fsp3) is 0.222. The maximum atomic E-state index is 12.2. The first-order valence-corrected chi connectivity index (χ1v) is 9.88. The molecule has 0 saturated carbocycles. The molecule has 1 amide bonds. The van der Waals surface area contributed by atoms with E-state index in [1.807, 2.05) is 48.7 Å². The molecule has 2 aromatic heterocycles. The molecule has 3 aromatic rings. The number of rotatable bonds is 6. The molecule has 6 nitrogen and oxygen atoms in total. The van der Waals surface area contributed by atoms with E-state index in [1.54, 1.807) is 12.4 Å². The number of nitrogens with one attached hydrogen (secondary N) is 1. The zero-order chi connectivity index (χ0) is 18.5. The molecule has 0 fully saturated rings. The van der Waals surface area contributed by atoms with Gasteiger partial charge in [0.25, 0.3) is 0 Å². The smallest absolute Gasteiger partial charge is 0.234 e. The molecule has 0 bridgehead atoms. The van der Waals surface area contributed by atoms with Crippen LogP contribution in [0.25, 0.3) is 11.4 Å². The predicted octanol–water partition coefficient (Wildman–Crippen LogP) is 4.16. The van der Waals surface area contributed by atoms with Gasteiger partial charge in [-0.15, -0.1) is 10.2 Å². The summed E-state index contributed by atoms with van der Waals surface area (Å²) in [6, 6.07) is 9.52. The third-order valence-electron chi connectivity index (χ3n) is 3.75. The highest BCUT2D eigenvalue weighted by molar-refractivity contribution is 9.10. The van der Waals surface area contributed by atoms with Gasteiger partial charge in [0.2, 0.25) is 5.91 Å². The molecule has 0 aliphatic rings. The second kappa shape index (κ2) is 8.46. The normalized spacial score (nSPS) is 10.7. The molecular weight excluding hydrogens is 414 g/mol. The third-order valence-corrected chi connectivity index (χ3v) is 5.60. The highest BCUT2D eigenvalue weighted by atomic mass is 79.9. The molecule has 0 saturated heterocycles. The number of nitrogens with zero attached hydrogens (tertiary/aromatic N) is 4. The Labute approximate surface area is 164 Å². The van der Waals surface area contributed by atoms with E-state index in [2.05, 4.69) is 36.4 Å². The van der Waals surface area contributed by atoms with Crippen LogP contribution in [0.15, 0.2) is 52.4 Å². The number of aryl methyl sites for hydroxylation is 1. The summed E-state index contributed by atoms with van der Waals surface area (Å²) in [4.78, 5) is 16.3. The van der Waals surface area contributed by atoms with Gasteiger partial charge >= 0.3 is 0 Å². The van der Waals surface area contributed by atoms with Crippen LogP contribution in [0, 0.1) is 6.92 Å². The Morgan fingerprint density at radius 3 is 2.69 bits per heavy atom. The minimum Gasteiger partial charge on any atom is -0.325 e. The SMILES string of the molecule is CCn1c(SCC(=O)Nc2ccc(Br)c(C)c2)nnc1-c1ccncc1. The van der Waals surface area contributed by atoms with Crippen LogP contribution in [0.3, 0.4) is 0 Å². The van der Waals surface area contributed by atoms with Gasteiger partial charge < -0.3 is 9.88 Å². The van der Waals surface area contributed by atoms with Crippen molar-refractivity contribution in [3.63, 3.8) is 0 Å². The maximum absolute atomic E-state index is 12.2. The van der Waals surface area contributed by atoms with Gasteiger partial charge in [-0.05, 0) is 49.7 Å². The molecule has 1 aromatic carbocycles. The second-order valence-corrected chi connectivity index (χ2v) is 7.38. The molecule has 8 heteroatoms. The van der Waals surface area contributed by atoms with Crippen LogP contribution in [0.1, 0.15) is 12.5 Å². The van der Waals surface area contributed by atoms with Gasteiger partial charge in [-0.2, -0.15) is 0 Å². The molecule has 3 rings (SSSR count).